The molecule has 1 aliphatic heterocycles. The van der Waals surface area contributed by atoms with Gasteiger partial charge >= 0.3 is 0 Å². The van der Waals surface area contributed by atoms with E-state index >= 15 is 0 Å². The molecule has 0 saturated carbocycles. The van der Waals surface area contributed by atoms with Crippen molar-refractivity contribution in [3.05, 3.63) is 41.7 Å². The van der Waals surface area contributed by atoms with Crippen LogP contribution in [0.1, 0.15) is 17.8 Å². The first kappa shape index (κ1) is 17.0. The molecule has 2 heterocycles. The molecule has 1 atom stereocenters. The minimum absolute atomic E-state index is 0.0407. The fourth-order valence-corrected chi connectivity index (χ4v) is 4.09. The van der Waals surface area contributed by atoms with Crippen LogP contribution in [-0.4, -0.2) is 46.4 Å². The van der Waals surface area contributed by atoms with E-state index in [2.05, 4.69) is 44.7 Å². The Labute approximate surface area is 147 Å². The van der Waals surface area contributed by atoms with Gasteiger partial charge in [0.15, 0.2) is 0 Å². The summed E-state index contributed by atoms with van der Waals surface area (Å²) in [5, 5.41) is 9.98. The largest absolute Gasteiger partial charge is 0.322 e. The summed E-state index contributed by atoms with van der Waals surface area (Å²) in [7, 11) is 0. The third kappa shape index (κ3) is 4.39. The number of hydrogen-bond donors (Lipinski definition) is 2. The zero-order valence-electron chi connectivity index (χ0n) is 14.2. The quantitative estimate of drug-likeness (QED) is 0.791. The number of benzene rings is 1. The summed E-state index contributed by atoms with van der Waals surface area (Å²) < 4.78 is 0. The Bertz CT molecular complexity index is 666. The van der Waals surface area contributed by atoms with E-state index in [1.54, 1.807) is 0 Å². The van der Waals surface area contributed by atoms with Gasteiger partial charge in [0.1, 0.15) is 0 Å². The predicted octanol–water partition coefficient (Wildman–Crippen LogP) is 3.08. The number of aryl methyl sites for hydroxylation is 2. The van der Waals surface area contributed by atoms with E-state index in [0.29, 0.717) is 12.5 Å². The first-order valence-electron chi connectivity index (χ1n) is 8.33. The van der Waals surface area contributed by atoms with Gasteiger partial charge in [0.25, 0.3) is 0 Å². The van der Waals surface area contributed by atoms with E-state index in [1.165, 1.54) is 4.90 Å². The van der Waals surface area contributed by atoms with Crippen LogP contribution >= 0.6 is 11.8 Å². The first-order chi connectivity index (χ1) is 11.6. The number of nitrogens with one attached hydrogen (secondary N) is 2. The summed E-state index contributed by atoms with van der Waals surface area (Å²) in [4.78, 5) is 15.8. The Kier molecular flexibility index (Phi) is 5.58. The molecule has 3 rings (SSSR count). The van der Waals surface area contributed by atoms with E-state index in [-0.39, 0.29) is 5.91 Å². The third-order valence-corrected chi connectivity index (χ3v) is 5.60. The zero-order chi connectivity index (χ0) is 16.9. The van der Waals surface area contributed by atoms with Crippen molar-refractivity contribution in [2.45, 2.75) is 25.2 Å². The lowest BCUT2D eigenvalue weighted by molar-refractivity contribution is -0.117. The van der Waals surface area contributed by atoms with Crippen molar-refractivity contribution in [1.82, 2.24) is 15.1 Å². The summed E-state index contributed by atoms with van der Waals surface area (Å²) in [5.74, 6) is 1.81. The fourth-order valence-electron chi connectivity index (χ4n) is 3.04. The second-order valence-corrected chi connectivity index (χ2v) is 7.46. The summed E-state index contributed by atoms with van der Waals surface area (Å²) >= 11 is 1.91. The lowest BCUT2D eigenvalue weighted by Crippen LogP contribution is -2.32. The molecule has 1 amide bonds. The van der Waals surface area contributed by atoms with Crippen LogP contribution < -0.4 is 5.32 Å². The molecule has 0 spiro atoms. The van der Waals surface area contributed by atoms with E-state index in [1.807, 2.05) is 31.7 Å². The van der Waals surface area contributed by atoms with Crippen LogP contribution in [0.15, 0.2) is 35.2 Å². The number of aromatic nitrogens is 2. The number of anilines is 1. The van der Waals surface area contributed by atoms with Gasteiger partial charge in [-0.15, -0.1) is 11.8 Å². The molecule has 6 heteroatoms. The van der Waals surface area contributed by atoms with Gasteiger partial charge < -0.3 is 5.32 Å². The topological polar surface area (TPSA) is 61.0 Å². The Balaban J connectivity index is 1.43. The van der Waals surface area contributed by atoms with Crippen molar-refractivity contribution < 1.29 is 4.79 Å². The van der Waals surface area contributed by atoms with Crippen molar-refractivity contribution >= 4 is 23.4 Å². The molecule has 0 radical (unpaired) electrons. The van der Waals surface area contributed by atoms with Gasteiger partial charge in [0, 0.05) is 17.2 Å². The standard InChI is InChI=1S/C18H24N4OS/c1-13-18(14(2)21-20-13)19-17(23)11-22-9-8-15(10-22)12-24-16-6-4-3-5-7-16/h3-7,15H,8-12H2,1-2H3,(H,19,23)(H,20,21)/t15-/m0/s1. The molecule has 5 nitrogen and oxygen atoms in total. The number of likely N-dealkylation sites (tertiary alicyclic amines) is 1. The molecule has 1 aromatic carbocycles. The minimum atomic E-state index is 0.0407. The van der Waals surface area contributed by atoms with E-state index in [4.69, 9.17) is 0 Å². The van der Waals surface area contributed by atoms with Crippen LogP contribution in [0.5, 0.6) is 0 Å². The smallest absolute Gasteiger partial charge is 0.238 e. The summed E-state index contributed by atoms with van der Waals surface area (Å²) in [6.07, 6.45) is 1.16. The van der Waals surface area contributed by atoms with Gasteiger partial charge in [-0.3, -0.25) is 14.8 Å². The maximum atomic E-state index is 12.3. The molecule has 1 aromatic heterocycles. The Hall–Kier alpha value is -1.79. The van der Waals surface area contributed by atoms with E-state index in [0.717, 1.165) is 42.3 Å². The Morgan fingerprint density at radius 3 is 2.88 bits per heavy atom. The molecular formula is C18H24N4OS. The lowest BCUT2D eigenvalue weighted by atomic mass is 10.2. The van der Waals surface area contributed by atoms with Crippen molar-refractivity contribution in [2.75, 3.05) is 30.7 Å². The van der Waals surface area contributed by atoms with Crippen LogP contribution in [0.4, 0.5) is 5.69 Å². The van der Waals surface area contributed by atoms with Gasteiger partial charge in [-0.25, -0.2) is 0 Å². The molecule has 1 fully saturated rings. The predicted molar refractivity (Wildman–Crippen MR) is 98.4 cm³/mol. The highest BCUT2D eigenvalue weighted by Gasteiger charge is 2.24. The van der Waals surface area contributed by atoms with Crippen molar-refractivity contribution in [3.63, 3.8) is 0 Å². The van der Waals surface area contributed by atoms with Gasteiger partial charge in [0.05, 0.1) is 23.6 Å². The number of carbonyl (C=O) groups is 1. The number of nitrogens with zero attached hydrogens (tertiary/aromatic N) is 2. The molecule has 0 bridgehead atoms. The van der Waals surface area contributed by atoms with E-state index in [9.17, 15) is 4.79 Å². The maximum Gasteiger partial charge on any atom is 0.238 e. The van der Waals surface area contributed by atoms with Gasteiger partial charge in [-0.1, -0.05) is 18.2 Å². The monoisotopic (exact) mass is 344 g/mol. The number of amides is 1. The van der Waals surface area contributed by atoms with Crippen molar-refractivity contribution in [2.24, 2.45) is 5.92 Å². The molecule has 128 valence electrons. The highest BCUT2D eigenvalue weighted by molar-refractivity contribution is 7.99. The van der Waals surface area contributed by atoms with Gasteiger partial charge in [-0.05, 0) is 44.9 Å². The summed E-state index contributed by atoms with van der Waals surface area (Å²) in [5.41, 5.74) is 2.55. The molecule has 2 N–H and O–H groups in total. The van der Waals surface area contributed by atoms with E-state index < -0.39 is 0 Å². The Morgan fingerprint density at radius 2 is 2.17 bits per heavy atom. The molecule has 1 saturated heterocycles. The zero-order valence-corrected chi connectivity index (χ0v) is 15.0. The van der Waals surface area contributed by atoms with Gasteiger partial charge in [-0.2, -0.15) is 5.10 Å². The van der Waals surface area contributed by atoms with Crippen LogP contribution in [0, 0.1) is 19.8 Å². The summed E-state index contributed by atoms with van der Waals surface area (Å²) in [6.45, 7) is 6.26. The average Bonchev–Trinajstić information content (AvgIpc) is 3.15. The lowest BCUT2D eigenvalue weighted by Gasteiger charge is -2.15. The molecule has 1 aliphatic rings. The molecule has 0 unspecified atom stereocenters. The Morgan fingerprint density at radius 1 is 1.38 bits per heavy atom. The van der Waals surface area contributed by atoms with Crippen molar-refractivity contribution in [1.29, 1.82) is 0 Å². The molecule has 24 heavy (non-hydrogen) atoms. The SMILES string of the molecule is Cc1n[nH]c(C)c1NC(=O)CN1CC[C@H](CSc2ccccc2)C1. The van der Waals surface area contributed by atoms with Crippen LogP contribution in [0.3, 0.4) is 0 Å². The molecular weight excluding hydrogens is 320 g/mol. The number of aromatic amines is 1. The number of carbonyl (C=O) groups excluding carboxylic acids is 1. The number of thioether (sulfide) groups is 1. The number of H-pyrrole nitrogens is 1. The first-order valence-corrected chi connectivity index (χ1v) is 9.32. The molecule has 2 aromatic rings. The minimum Gasteiger partial charge on any atom is -0.322 e. The van der Waals surface area contributed by atoms with Crippen LogP contribution in [0.2, 0.25) is 0 Å². The number of hydrogen-bond acceptors (Lipinski definition) is 4. The maximum absolute atomic E-state index is 12.3. The van der Waals surface area contributed by atoms with Crippen molar-refractivity contribution in [3.8, 4) is 0 Å². The number of rotatable bonds is 6. The highest BCUT2D eigenvalue weighted by atomic mass is 32.2. The van der Waals surface area contributed by atoms with Gasteiger partial charge in [0.2, 0.25) is 5.91 Å². The normalized spacial score (nSPS) is 18.0. The third-order valence-electron chi connectivity index (χ3n) is 4.36. The second-order valence-electron chi connectivity index (χ2n) is 6.37. The fraction of sp³-hybridized carbons (Fsp3) is 0.444. The second kappa shape index (κ2) is 7.85. The summed E-state index contributed by atoms with van der Waals surface area (Å²) in [6, 6.07) is 10.5. The van der Waals surface area contributed by atoms with Crippen LogP contribution in [0.25, 0.3) is 0 Å². The highest BCUT2D eigenvalue weighted by Crippen LogP contribution is 2.25. The average molecular weight is 344 g/mol. The van der Waals surface area contributed by atoms with Crippen LogP contribution in [-0.2, 0) is 4.79 Å². The molecule has 0 aliphatic carbocycles.